The monoisotopic (exact) mass is 244 g/mol. The zero-order chi connectivity index (χ0) is 7.68. The first kappa shape index (κ1) is 9.61. The van der Waals surface area contributed by atoms with Crippen molar-refractivity contribution in [3.8, 4) is 0 Å². The van der Waals surface area contributed by atoms with Gasteiger partial charge in [-0.25, -0.2) is 4.98 Å². The Morgan fingerprint density at radius 2 is 2.08 bits per heavy atom. The molecule has 0 fully saturated rings. The van der Waals surface area contributed by atoms with Gasteiger partial charge in [0.05, 0.1) is 11.0 Å². The van der Waals surface area contributed by atoms with Crippen LogP contribution in [0.2, 0.25) is 0 Å². The van der Waals surface area contributed by atoms with E-state index in [0.29, 0.717) is 0 Å². The van der Waals surface area contributed by atoms with Crippen molar-refractivity contribution in [1.82, 2.24) is 9.97 Å². The molecule has 0 unspecified atom stereocenters. The predicted molar refractivity (Wildman–Crippen MR) is 58.2 cm³/mol. The Bertz CT molecular complexity index is 339. The van der Waals surface area contributed by atoms with Gasteiger partial charge >= 0.3 is 0 Å². The van der Waals surface area contributed by atoms with E-state index < -0.39 is 0 Å². The molecule has 0 radical (unpaired) electrons. The number of para-hydroxylation sites is 2. The first-order chi connectivity index (χ1) is 5.40. The third-order valence-corrected chi connectivity index (χ3v) is 2.14. The van der Waals surface area contributed by atoms with Crippen LogP contribution in [-0.4, -0.2) is 16.2 Å². The fraction of sp³-hybridized carbons (Fsp3) is 0.125. The predicted octanol–water partition coefficient (Wildman–Crippen LogP) is 2.86. The van der Waals surface area contributed by atoms with Crippen LogP contribution in [0.3, 0.4) is 0 Å². The molecule has 1 aromatic carbocycles. The van der Waals surface area contributed by atoms with Crippen LogP contribution in [0, 0.1) is 0 Å². The molecule has 2 aromatic rings. The third kappa shape index (κ3) is 1.64. The molecule has 0 amide bonds. The van der Waals surface area contributed by atoms with Crippen LogP contribution in [0.5, 0.6) is 0 Å². The maximum absolute atomic E-state index is 4.34. The van der Waals surface area contributed by atoms with Crippen LogP contribution < -0.4 is 0 Å². The summed E-state index contributed by atoms with van der Waals surface area (Å²) in [5, 5.41) is 0.978. The van der Waals surface area contributed by atoms with Crippen molar-refractivity contribution in [2.24, 2.45) is 0 Å². The van der Waals surface area contributed by atoms with Gasteiger partial charge in [0.2, 0.25) is 0 Å². The number of nitrogens with zero attached hydrogens (tertiary/aromatic N) is 1. The Hall–Kier alpha value is -0.480. The average Bonchev–Trinajstić information content (AvgIpc) is 2.46. The van der Waals surface area contributed by atoms with Gasteiger partial charge in [-0.1, -0.05) is 23.9 Å². The molecule has 1 N–H and O–H groups in total. The number of fused-ring (bicyclic) bond motifs is 1. The topological polar surface area (TPSA) is 28.7 Å². The van der Waals surface area contributed by atoms with Crippen LogP contribution >= 0.6 is 28.7 Å². The largest absolute Gasteiger partial charge is 0.333 e. The second kappa shape index (κ2) is 3.96. The van der Waals surface area contributed by atoms with E-state index in [-0.39, 0.29) is 17.0 Å². The van der Waals surface area contributed by atoms with Gasteiger partial charge < -0.3 is 4.98 Å². The van der Waals surface area contributed by atoms with E-state index >= 15 is 0 Å². The zero-order valence-electron chi connectivity index (χ0n) is 6.57. The van der Waals surface area contributed by atoms with Crippen LogP contribution in [0.1, 0.15) is 0 Å². The number of imidazole rings is 1. The molecule has 0 atom stereocenters. The van der Waals surface area contributed by atoms with Crippen LogP contribution in [0.25, 0.3) is 11.0 Å². The summed E-state index contributed by atoms with van der Waals surface area (Å²) in [6.07, 6.45) is 2.01. The number of benzene rings is 1. The van der Waals surface area contributed by atoms with Crippen molar-refractivity contribution in [3.05, 3.63) is 24.3 Å². The molecule has 1 aromatic heterocycles. The summed E-state index contributed by atoms with van der Waals surface area (Å²) in [4.78, 5) is 7.54. The summed E-state index contributed by atoms with van der Waals surface area (Å²) in [5.74, 6) is 0. The lowest BCUT2D eigenvalue weighted by Gasteiger charge is -1.81. The molecule has 0 saturated heterocycles. The van der Waals surface area contributed by atoms with Gasteiger partial charge in [0.1, 0.15) is 0 Å². The molecule has 0 bridgehead atoms. The molecule has 12 heavy (non-hydrogen) atoms. The second-order valence-corrected chi connectivity index (χ2v) is 3.06. The number of hydrogen-bond donors (Lipinski definition) is 1. The van der Waals surface area contributed by atoms with Crippen molar-refractivity contribution in [1.29, 1.82) is 0 Å². The molecule has 2 rings (SSSR count). The van der Waals surface area contributed by atoms with E-state index in [1.54, 1.807) is 11.8 Å². The minimum atomic E-state index is 0. The van der Waals surface area contributed by atoms with Gasteiger partial charge in [0.25, 0.3) is 0 Å². The van der Waals surface area contributed by atoms with E-state index in [1.165, 1.54) is 0 Å². The van der Waals surface area contributed by atoms with Gasteiger partial charge in [-0.2, -0.15) is 0 Å². The fourth-order valence-electron chi connectivity index (χ4n) is 1.03. The summed E-state index contributed by atoms with van der Waals surface area (Å²) in [6.45, 7) is 0. The van der Waals surface area contributed by atoms with Crippen molar-refractivity contribution >= 4 is 39.8 Å². The van der Waals surface area contributed by atoms with E-state index in [4.69, 9.17) is 0 Å². The number of aromatic amines is 1. The van der Waals surface area contributed by atoms with Gasteiger partial charge in [-0.3, -0.25) is 0 Å². The van der Waals surface area contributed by atoms with E-state index in [1.807, 2.05) is 30.5 Å². The number of aromatic nitrogens is 2. The highest BCUT2D eigenvalue weighted by Gasteiger charge is 1.97. The van der Waals surface area contributed by atoms with Gasteiger partial charge in [-0.05, 0) is 18.4 Å². The van der Waals surface area contributed by atoms with Gasteiger partial charge in [0, 0.05) is 0 Å². The molecule has 0 spiro atoms. The Morgan fingerprint density at radius 1 is 1.33 bits per heavy atom. The molecule has 0 saturated carbocycles. The van der Waals surface area contributed by atoms with E-state index in [0.717, 1.165) is 16.2 Å². The third-order valence-electron chi connectivity index (χ3n) is 1.56. The highest BCUT2D eigenvalue weighted by Crippen LogP contribution is 2.15. The Labute approximate surface area is 85.5 Å². The lowest BCUT2D eigenvalue weighted by molar-refractivity contribution is 1.09. The van der Waals surface area contributed by atoms with Crippen LogP contribution in [0.15, 0.2) is 29.4 Å². The summed E-state index contributed by atoms with van der Waals surface area (Å²) in [7, 11) is 0. The molecule has 4 heteroatoms. The molecule has 0 aliphatic heterocycles. The van der Waals surface area contributed by atoms with E-state index in [2.05, 4.69) is 9.97 Å². The molecule has 1 heterocycles. The summed E-state index contributed by atoms with van der Waals surface area (Å²) in [6, 6.07) is 8.03. The highest BCUT2D eigenvalue weighted by atomic mass is 79.9. The first-order valence-electron chi connectivity index (χ1n) is 3.39. The minimum absolute atomic E-state index is 0. The lowest BCUT2D eigenvalue weighted by Crippen LogP contribution is -1.67. The quantitative estimate of drug-likeness (QED) is 0.782. The van der Waals surface area contributed by atoms with Gasteiger partial charge in [0.15, 0.2) is 5.16 Å². The normalized spacial score (nSPS) is 9.75. The zero-order valence-corrected chi connectivity index (χ0v) is 9.10. The number of halogens is 1. The number of thioether (sulfide) groups is 1. The van der Waals surface area contributed by atoms with E-state index in [9.17, 15) is 0 Å². The Kier molecular flexibility index (Phi) is 3.17. The van der Waals surface area contributed by atoms with Crippen LogP contribution in [-0.2, 0) is 0 Å². The minimum Gasteiger partial charge on any atom is -0.333 e. The lowest BCUT2D eigenvalue weighted by atomic mass is 10.3. The summed E-state index contributed by atoms with van der Waals surface area (Å²) >= 11 is 1.63. The summed E-state index contributed by atoms with van der Waals surface area (Å²) < 4.78 is 0. The first-order valence-corrected chi connectivity index (χ1v) is 4.61. The standard InChI is InChI=1S/C8H8N2S.BrH/c1-11-8-9-6-4-2-3-5-7(6)10-8;/h2-5H,1H3,(H,9,10);1H. The Morgan fingerprint density at radius 3 is 2.75 bits per heavy atom. The number of nitrogens with one attached hydrogen (secondary N) is 1. The average molecular weight is 245 g/mol. The van der Waals surface area contributed by atoms with Gasteiger partial charge in [-0.15, -0.1) is 17.0 Å². The highest BCUT2D eigenvalue weighted by molar-refractivity contribution is 8.93. The van der Waals surface area contributed by atoms with Crippen molar-refractivity contribution in [3.63, 3.8) is 0 Å². The number of rotatable bonds is 1. The molecule has 0 aliphatic carbocycles. The maximum Gasteiger partial charge on any atom is 0.166 e. The molecular formula is C8H9BrN2S. The SMILES string of the molecule is Br.CSc1nc2ccccc2[nH]1. The molecule has 0 aliphatic rings. The van der Waals surface area contributed by atoms with Crippen molar-refractivity contribution in [2.75, 3.05) is 6.26 Å². The van der Waals surface area contributed by atoms with Crippen molar-refractivity contribution in [2.45, 2.75) is 5.16 Å². The molecule has 2 nitrogen and oxygen atoms in total. The van der Waals surface area contributed by atoms with Crippen LogP contribution in [0.4, 0.5) is 0 Å². The molecule has 64 valence electrons. The number of H-pyrrole nitrogens is 1. The second-order valence-electron chi connectivity index (χ2n) is 2.26. The Balaban J connectivity index is 0.000000720. The van der Waals surface area contributed by atoms with Crippen molar-refractivity contribution < 1.29 is 0 Å². The molecular weight excluding hydrogens is 236 g/mol. The fourth-order valence-corrected chi connectivity index (χ4v) is 1.43. The summed E-state index contributed by atoms with van der Waals surface area (Å²) in [5.41, 5.74) is 2.15. The number of hydrogen-bond acceptors (Lipinski definition) is 2. The smallest absolute Gasteiger partial charge is 0.166 e. The maximum atomic E-state index is 4.34.